The number of rotatable bonds is 4. The number of piperidine rings is 1. The van der Waals surface area contributed by atoms with Crippen LogP contribution in [0.5, 0.6) is 0 Å². The molecule has 33 heavy (non-hydrogen) atoms. The van der Waals surface area contributed by atoms with Gasteiger partial charge in [-0.15, -0.1) is 0 Å². The second-order valence-electron chi connectivity index (χ2n) is 9.42. The van der Waals surface area contributed by atoms with Gasteiger partial charge in [-0.3, -0.25) is 19.2 Å². The predicted octanol–water partition coefficient (Wildman–Crippen LogP) is 3.41. The topological polar surface area (TPSA) is 108 Å². The number of nitrogens with one attached hydrogen (secondary N) is 1. The van der Waals surface area contributed by atoms with Crippen LogP contribution in [0.15, 0.2) is 30.6 Å². The van der Waals surface area contributed by atoms with Crippen LogP contribution in [0.25, 0.3) is 11.1 Å². The van der Waals surface area contributed by atoms with Gasteiger partial charge in [0.1, 0.15) is 0 Å². The minimum absolute atomic E-state index is 0.0149. The summed E-state index contributed by atoms with van der Waals surface area (Å²) in [5.74, 6) is 0.530. The molecule has 2 fully saturated rings. The number of amides is 3. The lowest BCUT2D eigenvalue weighted by molar-refractivity contribution is -0.123. The molecule has 1 saturated carbocycles. The average Bonchev–Trinajstić information content (AvgIpc) is 3.25. The largest absolute Gasteiger partial charge is 0.465 e. The quantitative estimate of drug-likeness (QED) is 0.741. The lowest BCUT2D eigenvalue weighted by Gasteiger charge is -2.41. The Bertz CT molecular complexity index is 1090. The van der Waals surface area contributed by atoms with E-state index < -0.39 is 6.09 Å². The molecule has 3 aliphatic rings. The Labute approximate surface area is 192 Å². The molecule has 174 valence electrons. The van der Waals surface area contributed by atoms with Gasteiger partial charge in [0.05, 0.1) is 29.7 Å². The first-order chi connectivity index (χ1) is 15.9. The second kappa shape index (κ2) is 8.53. The van der Waals surface area contributed by atoms with Crippen molar-refractivity contribution in [3.05, 3.63) is 30.6 Å². The molecule has 1 aromatic carbocycles. The molecule has 2 N–H and O–H groups in total. The lowest BCUT2D eigenvalue weighted by atomic mass is 9.82. The first-order valence-electron chi connectivity index (χ1n) is 11.7. The molecule has 9 nitrogen and oxygen atoms in total. The van der Waals surface area contributed by atoms with E-state index in [0.717, 1.165) is 30.4 Å². The average molecular weight is 452 g/mol. The highest BCUT2D eigenvalue weighted by atomic mass is 16.4. The molecule has 0 unspecified atom stereocenters. The van der Waals surface area contributed by atoms with Crippen LogP contribution in [0.3, 0.4) is 0 Å². The molecule has 2 atom stereocenters. The third-order valence-corrected chi connectivity index (χ3v) is 7.13. The van der Waals surface area contributed by atoms with Crippen molar-refractivity contribution in [2.45, 2.75) is 57.5 Å². The second-order valence-corrected chi connectivity index (χ2v) is 9.42. The van der Waals surface area contributed by atoms with Crippen molar-refractivity contribution in [3.63, 3.8) is 0 Å². The van der Waals surface area contributed by atoms with Gasteiger partial charge in [-0.1, -0.05) is 12.5 Å². The molecule has 3 amide bonds. The minimum Gasteiger partial charge on any atom is -0.465 e. The number of hydrogen-bond donors (Lipinski definition) is 2. The smallest absolute Gasteiger partial charge is 0.411 e. The van der Waals surface area contributed by atoms with Gasteiger partial charge in [-0.05, 0) is 49.8 Å². The fourth-order valence-corrected chi connectivity index (χ4v) is 5.09. The van der Waals surface area contributed by atoms with Gasteiger partial charge in [0.2, 0.25) is 11.8 Å². The summed E-state index contributed by atoms with van der Waals surface area (Å²) in [6, 6.07) is 5.37. The van der Waals surface area contributed by atoms with Crippen LogP contribution in [0.2, 0.25) is 0 Å². The zero-order valence-electron chi connectivity index (χ0n) is 18.7. The predicted molar refractivity (Wildman–Crippen MR) is 123 cm³/mol. The van der Waals surface area contributed by atoms with Gasteiger partial charge in [-0.25, -0.2) is 4.79 Å². The standard InChI is InChI=1S/C24H29N5O4/c1-15-13-27(24(32)33)21-10-17(5-6-20(21)29(15)23(31)9-16-3-2-4-16)18-12-26-28(14-18)19-7-8-25-22(30)11-19/h5-6,10,12,14-16,19H,2-4,7-9,11,13H2,1H3,(H,25,30)(H,32,33)/t15-,19-/m0/s1. The molecule has 5 rings (SSSR count). The SMILES string of the molecule is C[C@H]1CN(C(=O)O)c2cc(-c3cnn([C@H]4CCNC(=O)C4)c3)ccc2N1C(=O)CC1CCC1. The number of carboxylic acid groups (broad SMARTS) is 1. The number of carbonyl (C=O) groups is 3. The van der Waals surface area contributed by atoms with E-state index >= 15 is 0 Å². The third kappa shape index (κ3) is 4.07. The number of hydrogen-bond acceptors (Lipinski definition) is 4. The van der Waals surface area contributed by atoms with Gasteiger partial charge < -0.3 is 15.3 Å². The fraction of sp³-hybridized carbons (Fsp3) is 0.500. The first-order valence-corrected chi connectivity index (χ1v) is 11.7. The molecular weight excluding hydrogens is 422 g/mol. The number of benzene rings is 1. The van der Waals surface area contributed by atoms with Crippen molar-refractivity contribution >= 4 is 29.3 Å². The van der Waals surface area contributed by atoms with Crippen LogP contribution < -0.4 is 15.1 Å². The highest BCUT2D eigenvalue weighted by Gasteiger charge is 2.36. The zero-order chi connectivity index (χ0) is 23.1. The summed E-state index contributed by atoms with van der Waals surface area (Å²) >= 11 is 0. The summed E-state index contributed by atoms with van der Waals surface area (Å²) in [5.41, 5.74) is 2.83. The van der Waals surface area contributed by atoms with Crippen LogP contribution in [0.4, 0.5) is 16.2 Å². The summed E-state index contributed by atoms with van der Waals surface area (Å²) in [7, 11) is 0. The number of anilines is 2. The number of carbonyl (C=O) groups excluding carboxylic acids is 2. The Balaban J connectivity index is 1.46. The van der Waals surface area contributed by atoms with Crippen LogP contribution in [-0.4, -0.2) is 51.9 Å². The Morgan fingerprint density at radius 3 is 2.70 bits per heavy atom. The monoisotopic (exact) mass is 451 g/mol. The van der Waals surface area contributed by atoms with Crippen LogP contribution in [0, 0.1) is 5.92 Å². The van der Waals surface area contributed by atoms with Crippen LogP contribution in [0.1, 0.15) is 51.5 Å². The van der Waals surface area contributed by atoms with Crippen molar-refractivity contribution in [3.8, 4) is 11.1 Å². The molecule has 3 heterocycles. The zero-order valence-corrected chi connectivity index (χ0v) is 18.7. The Kier molecular flexibility index (Phi) is 5.55. The van der Waals surface area contributed by atoms with Crippen molar-refractivity contribution in [1.29, 1.82) is 0 Å². The van der Waals surface area contributed by atoms with Crippen LogP contribution in [-0.2, 0) is 9.59 Å². The molecule has 2 aliphatic heterocycles. The van der Waals surface area contributed by atoms with E-state index in [-0.39, 0.29) is 30.4 Å². The van der Waals surface area contributed by atoms with E-state index in [2.05, 4.69) is 10.4 Å². The molecule has 0 bridgehead atoms. The molecular formula is C24H29N5O4. The fourth-order valence-electron chi connectivity index (χ4n) is 5.09. The van der Waals surface area contributed by atoms with Gasteiger partial charge >= 0.3 is 6.09 Å². The molecule has 0 radical (unpaired) electrons. The highest BCUT2D eigenvalue weighted by molar-refractivity contribution is 6.03. The molecule has 0 spiro atoms. The minimum atomic E-state index is -1.03. The van der Waals surface area contributed by atoms with Gasteiger partial charge in [0.25, 0.3) is 0 Å². The summed E-state index contributed by atoms with van der Waals surface area (Å²) in [4.78, 5) is 40.0. The van der Waals surface area contributed by atoms with Crippen LogP contribution >= 0.6 is 0 Å². The van der Waals surface area contributed by atoms with E-state index in [0.29, 0.717) is 36.7 Å². The lowest BCUT2D eigenvalue weighted by Crippen LogP contribution is -2.52. The Morgan fingerprint density at radius 1 is 1.18 bits per heavy atom. The van der Waals surface area contributed by atoms with Gasteiger partial charge in [0, 0.05) is 37.7 Å². The van der Waals surface area contributed by atoms with Crippen molar-refractivity contribution in [2.75, 3.05) is 22.9 Å². The Morgan fingerprint density at radius 2 is 2.00 bits per heavy atom. The number of nitrogens with zero attached hydrogens (tertiary/aromatic N) is 4. The van der Waals surface area contributed by atoms with Gasteiger partial charge in [-0.2, -0.15) is 5.10 Å². The highest BCUT2D eigenvalue weighted by Crippen LogP contribution is 2.40. The maximum atomic E-state index is 13.1. The molecule has 2 aromatic rings. The van der Waals surface area contributed by atoms with E-state index in [1.807, 2.05) is 36.0 Å². The number of fused-ring (bicyclic) bond motifs is 1. The van der Waals surface area contributed by atoms with E-state index in [9.17, 15) is 19.5 Å². The van der Waals surface area contributed by atoms with E-state index in [1.165, 1.54) is 11.3 Å². The summed E-state index contributed by atoms with van der Waals surface area (Å²) in [6.45, 7) is 2.77. The Hall–Kier alpha value is -3.36. The summed E-state index contributed by atoms with van der Waals surface area (Å²) in [6.07, 6.45) is 7.70. The first kappa shape index (κ1) is 21.5. The summed E-state index contributed by atoms with van der Waals surface area (Å²) < 4.78 is 1.82. The normalized spacial score (nSPS) is 23.0. The molecule has 1 aliphatic carbocycles. The van der Waals surface area contributed by atoms with E-state index in [4.69, 9.17) is 0 Å². The maximum Gasteiger partial charge on any atom is 0.411 e. The third-order valence-electron chi connectivity index (χ3n) is 7.13. The molecule has 1 aromatic heterocycles. The van der Waals surface area contributed by atoms with Crippen molar-refractivity contribution < 1.29 is 19.5 Å². The summed E-state index contributed by atoms with van der Waals surface area (Å²) in [5, 5.41) is 17.1. The van der Waals surface area contributed by atoms with E-state index in [1.54, 1.807) is 11.1 Å². The van der Waals surface area contributed by atoms with Gasteiger partial charge in [0.15, 0.2) is 0 Å². The van der Waals surface area contributed by atoms with Crippen molar-refractivity contribution in [1.82, 2.24) is 15.1 Å². The van der Waals surface area contributed by atoms with Crippen molar-refractivity contribution in [2.24, 2.45) is 5.92 Å². The molecule has 1 saturated heterocycles. The molecule has 9 heteroatoms. The maximum absolute atomic E-state index is 13.1. The number of aromatic nitrogens is 2.